The molecule has 0 aliphatic carbocycles. The standard InChI is InChI=1S/C25H29NO8/c1-3-33-18-8-5-16(6-9-18)23(29)21-22(17-7-10-19(28)20(15-17)34-4-2)26(25(31)24(21)30)11-13-32-14-12-27/h5-10,15,22,27-29H,3-4,11-14H2,1-2H3/b23-21+/t22-/m0/s1. The lowest BCUT2D eigenvalue weighted by molar-refractivity contribution is -0.140. The van der Waals surface area contributed by atoms with Gasteiger partial charge in [-0.3, -0.25) is 9.59 Å². The van der Waals surface area contributed by atoms with Crippen LogP contribution in [-0.4, -0.2) is 71.5 Å². The topological polar surface area (TPSA) is 126 Å². The molecule has 9 nitrogen and oxygen atoms in total. The second-order valence-electron chi connectivity index (χ2n) is 7.45. The van der Waals surface area contributed by atoms with E-state index in [2.05, 4.69) is 0 Å². The second kappa shape index (κ2) is 11.5. The van der Waals surface area contributed by atoms with Gasteiger partial charge < -0.3 is 34.4 Å². The number of phenolic OH excluding ortho intramolecular Hbond substituents is 1. The second-order valence-corrected chi connectivity index (χ2v) is 7.45. The molecule has 0 radical (unpaired) electrons. The Hall–Kier alpha value is -3.56. The van der Waals surface area contributed by atoms with Gasteiger partial charge in [0.1, 0.15) is 11.5 Å². The molecule has 34 heavy (non-hydrogen) atoms. The molecular weight excluding hydrogens is 442 g/mol. The van der Waals surface area contributed by atoms with Gasteiger partial charge in [-0.2, -0.15) is 0 Å². The zero-order valence-electron chi connectivity index (χ0n) is 19.2. The minimum Gasteiger partial charge on any atom is -0.507 e. The van der Waals surface area contributed by atoms with Crippen molar-refractivity contribution in [3.05, 3.63) is 59.2 Å². The molecule has 0 aromatic heterocycles. The van der Waals surface area contributed by atoms with E-state index in [0.717, 1.165) is 0 Å². The van der Waals surface area contributed by atoms with Gasteiger partial charge in [-0.25, -0.2) is 0 Å². The molecule has 0 bridgehead atoms. The maximum Gasteiger partial charge on any atom is 0.295 e. The molecule has 2 aromatic rings. The van der Waals surface area contributed by atoms with Crippen LogP contribution in [0.5, 0.6) is 17.2 Å². The van der Waals surface area contributed by atoms with E-state index in [1.54, 1.807) is 43.3 Å². The number of amides is 1. The zero-order chi connectivity index (χ0) is 24.7. The summed E-state index contributed by atoms with van der Waals surface area (Å²) in [6.45, 7) is 4.47. The molecule has 0 saturated carbocycles. The largest absolute Gasteiger partial charge is 0.507 e. The minimum absolute atomic E-state index is 0.0557. The van der Waals surface area contributed by atoms with E-state index in [1.165, 1.54) is 11.0 Å². The number of carbonyl (C=O) groups is 2. The van der Waals surface area contributed by atoms with Crippen molar-refractivity contribution < 1.29 is 39.1 Å². The third kappa shape index (κ3) is 5.32. The number of likely N-dealkylation sites (tertiary alicyclic amines) is 1. The van der Waals surface area contributed by atoms with Crippen LogP contribution in [0.4, 0.5) is 0 Å². The molecule has 3 rings (SSSR count). The highest BCUT2D eigenvalue weighted by atomic mass is 16.5. The van der Waals surface area contributed by atoms with Crippen LogP contribution in [0.1, 0.15) is 31.0 Å². The van der Waals surface area contributed by atoms with Crippen LogP contribution >= 0.6 is 0 Å². The van der Waals surface area contributed by atoms with Gasteiger partial charge in [0.05, 0.1) is 44.6 Å². The van der Waals surface area contributed by atoms with Gasteiger partial charge in [-0.05, 0) is 55.8 Å². The number of phenols is 1. The number of Topliss-reactive ketones (excluding diaryl/α,β-unsaturated/α-hetero) is 1. The van der Waals surface area contributed by atoms with E-state index in [1.807, 2.05) is 6.92 Å². The highest BCUT2D eigenvalue weighted by Gasteiger charge is 2.46. The number of aliphatic hydroxyl groups is 2. The molecule has 0 unspecified atom stereocenters. The SMILES string of the molecule is CCOc1ccc(/C(O)=C2\C(=O)C(=O)N(CCOCCO)[C@H]2c2ccc(O)c(OCC)c2)cc1. The average Bonchev–Trinajstić information content (AvgIpc) is 3.08. The van der Waals surface area contributed by atoms with Crippen molar-refractivity contribution in [2.75, 3.05) is 39.6 Å². The molecule has 0 spiro atoms. The first-order valence-electron chi connectivity index (χ1n) is 11.1. The Morgan fingerprint density at radius 2 is 1.71 bits per heavy atom. The van der Waals surface area contributed by atoms with Crippen LogP contribution in [0.3, 0.4) is 0 Å². The summed E-state index contributed by atoms with van der Waals surface area (Å²) in [4.78, 5) is 27.3. The maximum absolute atomic E-state index is 13.1. The van der Waals surface area contributed by atoms with Crippen LogP contribution in [0.25, 0.3) is 5.76 Å². The highest BCUT2D eigenvalue weighted by Crippen LogP contribution is 2.41. The predicted octanol–water partition coefficient (Wildman–Crippen LogP) is 2.62. The van der Waals surface area contributed by atoms with Crippen molar-refractivity contribution >= 4 is 17.4 Å². The van der Waals surface area contributed by atoms with E-state index >= 15 is 0 Å². The van der Waals surface area contributed by atoms with Gasteiger partial charge in [-0.1, -0.05) is 6.07 Å². The Balaban J connectivity index is 2.08. The number of hydrogen-bond donors (Lipinski definition) is 3. The third-order valence-corrected chi connectivity index (χ3v) is 5.29. The number of carbonyl (C=O) groups excluding carboxylic acids is 2. The van der Waals surface area contributed by atoms with Crippen molar-refractivity contribution in [1.82, 2.24) is 4.90 Å². The monoisotopic (exact) mass is 471 g/mol. The number of aromatic hydroxyl groups is 1. The van der Waals surface area contributed by atoms with E-state index in [-0.39, 0.29) is 49.2 Å². The Morgan fingerprint density at radius 3 is 2.35 bits per heavy atom. The number of rotatable bonds is 11. The highest BCUT2D eigenvalue weighted by molar-refractivity contribution is 6.46. The summed E-state index contributed by atoms with van der Waals surface area (Å²) in [5.74, 6) is -1.21. The molecule has 1 aliphatic rings. The lowest BCUT2D eigenvalue weighted by atomic mass is 9.95. The van der Waals surface area contributed by atoms with E-state index < -0.39 is 17.7 Å². The smallest absolute Gasteiger partial charge is 0.295 e. The summed E-state index contributed by atoms with van der Waals surface area (Å²) in [7, 11) is 0. The molecule has 1 saturated heterocycles. The van der Waals surface area contributed by atoms with Crippen LogP contribution in [0.2, 0.25) is 0 Å². The molecule has 182 valence electrons. The van der Waals surface area contributed by atoms with Crippen molar-refractivity contribution in [2.45, 2.75) is 19.9 Å². The van der Waals surface area contributed by atoms with Crippen LogP contribution in [-0.2, 0) is 14.3 Å². The molecule has 1 amide bonds. The Morgan fingerprint density at radius 1 is 1.00 bits per heavy atom. The average molecular weight is 472 g/mol. The number of hydrogen-bond acceptors (Lipinski definition) is 8. The molecule has 3 N–H and O–H groups in total. The first kappa shape index (κ1) is 25.1. The summed E-state index contributed by atoms with van der Waals surface area (Å²) >= 11 is 0. The van der Waals surface area contributed by atoms with E-state index in [0.29, 0.717) is 30.1 Å². The lowest BCUT2D eigenvalue weighted by Gasteiger charge is -2.25. The molecular formula is C25H29NO8. The van der Waals surface area contributed by atoms with E-state index in [9.17, 15) is 19.8 Å². The summed E-state index contributed by atoms with van der Waals surface area (Å²) in [6, 6.07) is 10.2. The summed E-state index contributed by atoms with van der Waals surface area (Å²) in [6.07, 6.45) is 0. The minimum atomic E-state index is -0.927. The molecule has 9 heteroatoms. The maximum atomic E-state index is 13.1. The summed E-state index contributed by atoms with van der Waals surface area (Å²) in [5.41, 5.74) is 0.756. The third-order valence-electron chi connectivity index (χ3n) is 5.29. The number of ether oxygens (including phenoxy) is 3. The number of ketones is 1. The van der Waals surface area contributed by atoms with Crippen molar-refractivity contribution in [2.24, 2.45) is 0 Å². The first-order valence-corrected chi connectivity index (χ1v) is 11.1. The van der Waals surface area contributed by atoms with Crippen LogP contribution in [0.15, 0.2) is 48.0 Å². The van der Waals surface area contributed by atoms with Gasteiger partial charge in [0.25, 0.3) is 11.7 Å². The molecule has 2 aromatic carbocycles. The van der Waals surface area contributed by atoms with Gasteiger partial charge in [0.2, 0.25) is 0 Å². The molecule has 1 atom stereocenters. The Labute approximate surface area is 197 Å². The molecule has 1 aliphatic heterocycles. The number of aliphatic hydroxyl groups excluding tert-OH is 2. The predicted molar refractivity (Wildman–Crippen MR) is 124 cm³/mol. The Kier molecular flexibility index (Phi) is 8.50. The fraction of sp³-hybridized carbons (Fsp3) is 0.360. The lowest BCUT2D eigenvalue weighted by Crippen LogP contribution is -2.33. The Bertz CT molecular complexity index is 1050. The number of nitrogens with zero attached hydrogens (tertiary/aromatic N) is 1. The van der Waals surface area contributed by atoms with Crippen molar-refractivity contribution in [1.29, 1.82) is 0 Å². The van der Waals surface area contributed by atoms with Gasteiger partial charge in [-0.15, -0.1) is 0 Å². The fourth-order valence-electron chi connectivity index (χ4n) is 3.79. The normalized spacial score (nSPS) is 17.3. The van der Waals surface area contributed by atoms with E-state index in [4.69, 9.17) is 19.3 Å². The van der Waals surface area contributed by atoms with Crippen LogP contribution in [0, 0.1) is 0 Å². The summed E-state index contributed by atoms with van der Waals surface area (Å²) < 4.78 is 16.2. The van der Waals surface area contributed by atoms with Gasteiger partial charge in [0.15, 0.2) is 11.5 Å². The van der Waals surface area contributed by atoms with Gasteiger partial charge in [0, 0.05) is 12.1 Å². The fourth-order valence-corrected chi connectivity index (χ4v) is 3.79. The molecule has 1 fully saturated rings. The van der Waals surface area contributed by atoms with Crippen LogP contribution < -0.4 is 9.47 Å². The molecule has 1 heterocycles. The van der Waals surface area contributed by atoms with Gasteiger partial charge >= 0.3 is 0 Å². The summed E-state index contributed by atoms with van der Waals surface area (Å²) in [5, 5.41) is 30.2. The van der Waals surface area contributed by atoms with Crippen molar-refractivity contribution in [3.63, 3.8) is 0 Å². The first-order chi connectivity index (χ1) is 16.4. The zero-order valence-corrected chi connectivity index (χ0v) is 19.2. The number of benzene rings is 2. The quantitative estimate of drug-likeness (QED) is 0.198. The van der Waals surface area contributed by atoms with Crippen molar-refractivity contribution in [3.8, 4) is 17.2 Å².